The number of pyridine rings is 1. The van der Waals surface area contributed by atoms with Crippen LogP contribution in [0.25, 0.3) is 16.3 Å². The third-order valence-corrected chi connectivity index (χ3v) is 9.55. The monoisotopic (exact) mass is 615 g/mol. The molecule has 3 aromatic rings. The number of piperazine rings is 1. The van der Waals surface area contributed by atoms with E-state index in [9.17, 15) is 22.0 Å². The largest absolute Gasteiger partial charge is 0.444 e. The van der Waals surface area contributed by atoms with E-state index in [2.05, 4.69) is 19.9 Å². The van der Waals surface area contributed by atoms with Gasteiger partial charge in [-0.2, -0.15) is 9.37 Å². The van der Waals surface area contributed by atoms with E-state index in [4.69, 9.17) is 4.74 Å². The van der Waals surface area contributed by atoms with Crippen LogP contribution in [0.4, 0.5) is 23.7 Å². The molecule has 0 radical (unpaired) electrons. The van der Waals surface area contributed by atoms with Crippen molar-refractivity contribution in [1.29, 1.82) is 0 Å². The highest BCUT2D eigenvalue weighted by Crippen LogP contribution is 2.39. The number of halogens is 3. The molecule has 41 heavy (non-hydrogen) atoms. The molecule has 1 N–H and O–H groups in total. The zero-order valence-electron chi connectivity index (χ0n) is 23.5. The number of hydrogen-bond acceptors (Lipinski definition) is 9. The standard InChI is InChI=1S/C25H32F3N7O4S2/c1-13-10-33(11-14(2)35(13)23(36)39-24(3,4)5)16-9-15(41(37,38)32-25(6)7-8-25)12-34-17(16)19(28)29-20(34)22-31-30-21(40-22)18(26)27/h9,12-14,18,32H,7-8,10-11H2,1-6H3/t13-,14-/m0/s1. The molecule has 1 amide bonds. The first-order chi connectivity index (χ1) is 19.0. The Morgan fingerprint density at radius 3 is 2.37 bits per heavy atom. The number of ether oxygens (including phenoxy) is 1. The quantitative estimate of drug-likeness (QED) is 0.427. The minimum absolute atomic E-state index is 0.0458. The van der Waals surface area contributed by atoms with Gasteiger partial charge in [-0.05, 0) is 60.5 Å². The summed E-state index contributed by atoms with van der Waals surface area (Å²) in [4.78, 5) is 20.1. The van der Waals surface area contributed by atoms with E-state index >= 15 is 4.39 Å². The summed E-state index contributed by atoms with van der Waals surface area (Å²) in [6.07, 6.45) is -0.795. The lowest BCUT2D eigenvalue weighted by Crippen LogP contribution is -2.59. The van der Waals surface area contributed by atoms with E-state index in [0.29, 0.717) is 24.2 Å². The van der Waals surface area contributed by atoms with Gasteiger partial charge in [0, 0.05) is 24.8 Å². The molecule has 0 spiro atoms. The number of hydrogen-bond donors (Lipinski definition) is 1. The number of carbonyl (C=O) groups excluding carboxylic acids is 1. The fraction of sp³-hybridized carbons (Fsp3) is 0.600. The zero-order chi connectivity index (χ0) is 30.1. The van der Waals surface area contributed by atoms with Gasteiger partial charge in [0.25, 0.3) is 6.43 Å². The lowest BCUT2D eigenvalue weighted by molar-refractivity contribution is 0.00566. The normalized spacial score (nSPS) is 21.1. The van der Waals surface area contributed by atoms with Crippen molar-refractivity contribution in [2.24, 2.45) is 0 Å². The first-order valence-corrected chi connectivity index (χ1v) is 15.4. The molecule has 1 aliphatic carbocycles. The van der Waals surface area contributed by atoms with Gasteiger partial charge in [0.05, 0.1) is 17.8 Å². The summed E-state index contributed by atoms with van der Waals surface area (Å²) in [5, 5.41) is 6.58. The highest BCUT2D eigenvalue weighted by molar-refractivity contribution is 7.89. The Labute approximate surface area is 239 Å². The fourth-order valence-electron chi connectivity index (χ4n) is 4.95. The van der Waals surface area contributed by atoms with Crippen LogP contribution in [0, 0.1) is 5.95 Å². The van der Waals surface area contributed by atoms with Gasteiger partial charge in [-0.1, -0.05) is 11.3 Å². The molecule has 1 saturated carbocycles. The zero-order valence-corrected chi connectivity index (χ0v) is 25.1. The first kappa shape index (κ1) is 29.5. The van der Waals surface area contributed by atoms with Crippen molar-refractivity contribution in [3.05, 3.63) is 23.2 Å². The predicted octanol–water partition coefficient (Wildman–Crippen LogP) is 4.59. The van der Waals surface area contributed by atoms with Crippen molar-refractivity contribution in [3.63, 3.8) is 0 Å². The molecule has 4 heterocycles. The first-order valence-electron chi connectivity index (χ1n) is 13.1. The predicted molar refractivity (Wildman–Crippen MR) is 146 cm³/mol. The summed E-state index contributed by atoms with van der Waals surface area (Å²) < 4.78 is 78.5. The lowest BCUT2D eigenvalue weighted by Gasteiger charge is -2.45. The van der Waals surface area contributed by atoms with Gasteiger partial charge in [-0.15, -0.1) is 10.2 Å². The van der Waals surface area contributed by atoms with Crippen LogP contribution in [0.15, 0.2) is 17.2 Å². The van der Waals surface area contributed by atoms with Gasteiger partial charge in [0.1, 0.15) is 16.0 Å². The van der Waals surface area contributed by atoms with Crippen LogP contribution in [-0.4, -0.2) is 75.3 Å². The van der Waals surface area contributed by atoms with E-state index in [0.717, 1.165) is 0 Å². The minimum atomic E-state index is -4.06. The average Bonchev–Trinajstić information content (AvgIpc) is 3.23. The van der Waals surface area contributed by atoms with Crippen molar-refractivity contribution in [2.75, 3.05) is 18.0 Å². The Morgan fingerprint density at radius 1 is 1.20 bits per heavy atom. The minimum Gasteiger partial charge on any atom is -0.444 e. The number of alkyl halides is 2. The summed E-state index contributed by atoms with van der Waals surface area (Å²) in [6.45, 7) is 11.2. The van der Waals surface area contributed by atoms with Crippen LogP contribution in [0.1, 0.15) is 65.8 Å². The number of rotatable bonds is 6. The second-order valence-corrected chi connectivity index (χ2v) is 14.6. The molecule has 0 bridgehead atoms. The molecule has 0 unspecified atom stereocenters. The van der Waals surface area contributed by atoms with Crippen LogP contribution in [0.5, 0.6) is 0 Å². The summed E-state index contributed by atoms with van der Waals surface area (Å²) >= 11 is 0.547. The molecule has 5 rings (SSSR count). The van der Waals surface area contributed by atoms with Crippen molar-refractivity contribution in [2.45, 2.75) is 88.9 Å². The Hall–Kier alpha value is -2.98. The number of carbonyl (C=O) groups is 1. The maximum Gasteiger partial charge on any atom is 0.410 e. The van der Waals surface area contributed by atoms with Crippen LogP contribution in [-0.2, 0) is 14.8 Å². The number of imidazole rings is 1. The number of sulfonamides is 1. The number of nitrogens with one attached hydrogen (secondary N) is 1. The van der Waals surface area contributed by atoms with Gasteiger partial charge in [0.15, 0.2) is 15.8 Å². The third-order valence-electron chi connectivity index (χ3n) is 7.02. The van der Waals surface area contributed by atoms with Crippen LogP contribution < -0.4 is 9.62 Å². The van der Waals surface area contributed by atoms with Crippen molar-refractivity contribution in [3.8, 4) is 10.8 Å². The Bertz CT molecular complexity index is 1590. The molecule has 224 valence electrons. The number of anilines is 1. The number of fused-ring (bicyclic) bond motifs is 1. The Morgan fingerprint density at radius 2 is 1.83 bits per heavy atom. The molecular formula is C25H32F3N7O4S2. The van der Waals surface area contributed by atoms with E-state index in [1.165, 1.54) is 16.7 Å². The summed E-state index contributed by atoms with van der Waals surface area (Å²) in [6, 6.07) is 0.629. The molecule has 2 atom stereocenters. The second kappa shape index (κ2) is 10.1. The third kappa shape index (κ3) is 5.86. The average molecular weight is 616 g/mol. The van der Waals surface area contributed by atoms with Crippen LogP contribution in [0.2, 0.25) is 0 Å². The molecule has 3 aromatic heterocycles. The van der Waals surface area contributed by atoms with Crippen molar-refractivity contribution < 1.29 is 31.1 Å². The van der Waals surface area contributed by atoms with Crippen molar-refractivity contribution >= 4 is 38.7 Å². The Kier molecular flexibility index (Phi) is 7.26. The Balaban J connectivity index is 1.61. The highest BCUT2D eigenvalue weighted by Gasteiger charge is 2.42. The van der Waals surface area contributed by atoms with Gasteiger partial charge < -0.3 is 9.64 Å². The van der Waals surface area contributed by atoms with E-state index in [-0.39, 0.29) is 52.1 Å². The molecule has 2 fully saturated rings. The van der Waals surface area contributed by atoms with E-state index in [1.54, 1.807) is 37.5 Å². The molecule has 1 aliphatic heterocycles. The van der Waals surface area contributed by atoms with Gasteiger partial charge in [-0.25, -0.2) is 26.7 Å². The maximum absolute atomic E-state index is 15.6. The van der Waals surface area contributed by atoms with Crippen LogP contribution >= 0.6 is 11.3 Å². The van der Waals surface area contributed by atoms with E-state index in [1.807, 2.05) is 13.8 Å². The molecule has 0 aromatic carbocycles. The van der Waals surface area contributed by atoms with Gasteiger partial charge >= 0.3 is 6.09 Å². The molecule has 11 nitrogen and oxygen atoms in total. The van der Waals surface area contributed by atoms with Gasteiger partial charge in [-0.3, -0.25) is 9.30 Å². The van der Waals surface area contributed by atoms with Gasteiger partial charge in [0.2, 0.25) is 16.0 Å². The number of aromatic nitrogens is 4. The SMILES string of the molecule is C[C@H]1CN(c2cc(S(=O)(=O)NC3(C)CC3)cn3c(-c4nnc(C(F)F)s4)nc(F)c23)C[C@H](C)N1C(=O)OC(C)(C)C. The summed E-state index contributed by atoms with van der Waals surface area (Å²) in [7, 11) is -4.06. The summed E-state index contributed by atoms with van der Waals surface area (Å²) in [5.74, 6) is -1.07. The van der Waals surface area contributed by atoms with Crippen LogP contribution in [0.3, 0.4) is 0 Å². The number of nitrogens with zero attached hydrogens (tertiary/aromatic N) is 6. The molecule has 16 heteroatoms. The fourth-order valence-corrected chi connectivity index (χ4v) is 7.11. The highest BCUT2D eigenvalue weighted by atomic mass is 32.2. The molecule has 1 saturated heterocycles. The smallest absolute Gasteiger partial charge is 0.410 e. The topological polar surface area (TPSA) is 122 Å². The van der Waals surface area contributed by atoms with Crippen molar-refractivity contribution in [1.82, 2.24) is 29.2 Å². The summed E-state index contributed by atoms with van der Waals surface area (Å²) in [5.41, 5.74) is -1.09. The lowest BCUT2D eigenvalue weighted by atomic mass is 10.1. The molecule has 2 aliphatic rings. The number of amides is 1. The van der Waals surface area contributed by atoms with E-state index < -0.39 is 44.6 Å². The second-order valence-electron chi connectivity index (χ2n) is 11.9. The maximum atomic E-state index is 15.6. The molecular weight excluding hydrogens is 583 g/mol.